The van der Waals surface area contributed by atoms with Crippen molar-refractivity contribution in [2.24, 2.45) is 0 Å². The zero-order valence-electron chi connectivity index (χ0n) is 12.5. The van der Waals surface area contributed by atoms with Gasteiger partial charge in [0.25, 0.3) is 0 Å². The van der Waals surface area contributed by atoms with E-state index in [0.29, 0.717) is 27.0 Å². The van der Waals surface area contributed by atoms with Gasteiger partial charge in [-0.2, -0.15) is 4.80 Å². The Labute approximate surface area is 148 Å². The molecule has 0 fully saturated rings. The van der Waals surface area contributed by atoms with Gasteiger partial charge in [0.1, 0.15) is 0 Å². The lowest BCUT2D eigenvalue weighted by Crippen LogP contribution is -2.05. The molecule has 0 N–H and O–H groups in total. The lowest BCUT2D eigenvalue weighted by Gasteiger charge is -2.04. The maximum Gasteiger partial charge on any atom is 0.204 e. The van der Waals surface area contributed by atoms with Crippen LogP contribution in [0.3, 0.4) is 0 Å². The molecule has 9 heteroatoms. The fourth-order valence-electron chi connectivity index (χ4n) is 2.10. The van der Waals surface area contributed by atoms with Crippen molar-refractivity contribution in [3.63, 3.8) is 0 Å². The Balaban J connectivity index is 1.86. The van der Waals surface area contributed by atoms with Crippen LogP contribution < -0.4 is 0 Å². The molecule has 0 radical (unpaired) electrons. The van der Waals surface area contributed by atoms with E-state index in [0.717, 1.165) is 6.26 Å². The molecule has 0 spiro atoms. The van der Waals surface area contributed by atoms with Gasteiger partial charge in [-0.15, -0.1) is 10.2 Å². The summed E-state index contributed by atoms with van der Waals surface area (Å²) in [4.78, 5) is 1.62. The van der Waals surface area contributed by atoms with Crippen LogP contribution in [0.2, 0.25) is 10.0 Å². The number of sulfone groups is 1. The quantitative estimate of drug-likeness (QED) is 0.692. The number of benzene rings is 2. The smallest absolute Gasteiger partial charge is 0.204 e. The summed E-state index contributed by atoms with van der Waals surface area (Å²) < 4.78 is 23.0. The van der Waals surface area contributed by atoms with Gasteiger partial charge in [0, 0.05) is 27.4 Å². The van der Waals surface area contributed by atoms with Crippen molar-refractivity contribution in [3.05, 3.63) is 58.1 Å². The van der Waals surface area contributed by atoms with E-state index in [1.54, 1.807) is 30.3 Å². The molecule has 0 saturated heterocycles. The second-order valence-corrected chi connectivity index (χ2v) is 7.97. The van der Waals surface area contributed by atoms with Crippen LogP contribution >= 0.6 is 23.2 Å². The van der Waals surface area contributed by atoms with Crippen LogP contribution in [0, 0.1) is 0 Å². The van der Waals surface area contributed by atoms with Gasteiger partial charge in [0.15, 0.2) is 9.84 Å². The summed E-state index contributed by atoms with van der Waals surface area (Å²) >= 11 is 12.3. The first kappa shape index (κ1) is 16.9. The molecule has 1 heterocycles. The predicted molar refractivity (Wildman–Crippen MR) is 91.9 cm³/mol. The highest BCUT2D eigenvalue weighted by molar-refractivity contribution is 7.90. The van der Waals surface area contributed by atoms with Crippen LogP contribution in [0.4, 0.5) is 0 Å². The molecule has 124 valence electrons. The number of tetrazole rings is 1. The average molecular weight is 383 g/mol. The van der Waals surface area contributed by atoms with Crippen LogP contribution in [0.15, 0.2) is 47.4 Å². The molecule has 2 aromatic carbocycles. The molecular weight excluding hydrogens is 371 g/mol. The number of halogens is 2. The Morgan fingerprint density at radius 3 is 2.25 bits per heavy atom. The van der Waals surface area contributed by atoms with E-state index in [1.165, 1.54) is 16.9 Å². The minimum atomic E-state index is -3.24. The van der Waals surface area contributed by atoms with Crippen LogP contribution in [-0.4, -0.2) is 34.9 Å². The predicted octanol–water partition coefficient (Wildman–Crippen LogP) is 3.10. The van der Waals surface area contributed by atoms with Crippen molar-refractivity contribution in [3.8, 4) is 11.4 Å². The molecule has 0 bridgehead atoms. The van der Waals surface area contributed by atoms with Crippen LogP contribution in [0.25, 0.3) is 11.4 Å². The van der Waals surface area contributed by atoms with Crippen molar-refractivity contribution in [1.29, 1.82) is 0 Å². The Morgan fingerprint density at radius 1 is 1.04 bits per heavy atom. The second kappa shape index (κ2) is 6.51. The monoisotopic (exact) mass is 382 g/mol. The fourth-order valence-corrected chi connectivity index (χ4v) is 3.25. The Morgan fingerprint density at radius 2 is 1.67 bits per heavy atom. The van der Waals surface area contributed by atoms with Gasteiger partial charge in [-0.05, 0) is 41.6 Å². The summed E-state index contributed by atoms with van der Waals surface area (Å²) in [7, 11) is -3.24. The molecule has 24 heavy (non-hydrogen) atoms. The first-order valence-electron chi connectivity index (χ1n) is 6.86. The molecule has 0 aliphatic carbocycles. The normalized spacial score (nSPS) is 11.6. The molecule has 0 saturated carbocycles. The number of rotatable bonds is 4. The van der Waals surface area contributed by atoms with E-state index in [9.17, 15) is 8.42 Å². The van der Waals surface area contributed by atoms with Crippen LogP contribution in [-0.2, 0) is 16.4 Å². The molecule has 3 aromatic rings. The highest BCUT2D eigenvalue weighted by Crippen LogP contribution is 2.25. The number of nitrogens with zero attached hydrogens (tertiary/aromatic N) is 4. The molecule has 0 amide bonds. The third kappa shape index (κ3) is 3.58. The average Bonchev–Trinajstić information content (AvgIpc) is 2.99. The van der Waals surface area contributed by atoms with Gasteiger partial charge in [-0.3, -0.25) is 0 Å². The Bertz CT molecular complexity index is 965. The van der Waals surface area contributed by atoms with Gasteiger partial charge in [-0.25, -0.2) is 8.42 Å². The van der Waals surface area contributed by atoms with Crippen LogP contribution in [0.5, 0.6) is 0 Å². The van der Waals surface area contributed by atoms with Gasteiger partial charge < -0.3 is 0 Å². The largest absolute Gasteiger partial charge is 0.224 e. The van der Waals surface area contributed by atoms with E-state index in [-0.39, 0.29) is 11.4 Å². The highest BCUT2D eigenvalue weighted by Gasteiger charge is 2.12. The maximum atomic E-state index is 11.5. The number of aromatic nitrogens is 4. The highest BCUT2D eigenvalue weighted by atomic mass is 35.5. The molecular formula is C15H12Cl2N4O2S. The minimum Gasteiger partial charge on any atom is -0.224 e. The second-order valence-electron chi connectivity index (χ2n) is 5.14. The van der Waals surface area contributed by atoms with Gasteiger partial charge in [0.05, 0.1) is 11.4 Å². The standard InChI is InChI=1S/C15H12Cl2N4O2S/c1-24(22,23)11-7-5-10(6-8-11)15-18-20-21(19-15)9-12-13(16)3-2-4-14(12)17/h2-8H,9H2,1H3. The summed E-state index contributed by atoms with van der Waals surface area (Å²) in [6, 6.07) is 11.5. The van der Waals surface area contributed by atoms with E-state index >= 15 is 0 Å². The van der Waals surface area contributed by atoms with Crippen molar-refractivity contribution < 1.29 is 8.42 Å². The Hall–Kier alpha value is -1.96. The van der Waals surface area contributed by atoms with Crippen molar-refractivity contribution >= 4 is 33.0 Å². The first-order valence-corrected chi connectivity index (χ1v) is 9.50. The van der Waals surface area contributed by atoms with E-state index in [1.807, 2.05) is 0 Å². The van der Waals surface area contributed by atoms with Gasteiger partial charge in [0.2, 0.25) is 5.82 Å². The lowest BCUT2D eigenvalue weighted by atomic mass is 10.2. The SMILES string of the molecule is CS(=O)(=O)c1ccc(-c2nnn(Cc3c(Cl)cccc3Cl)n2)cc1. The van der Waals surface area contributed by atoms with Crippen molar-refractivity contribution in [2.45, 2.75) is 11.4 Å². The molecule has 1 aromatic heterocycles. The summed E-state index contributed by atoms with van der Waals surface area (Å²) in [6.45, 7) is 0.285. The van der Waals surface area contributed by atoms with Crippen molar-refractivity contribution in [2.75, 3.05) is 6.26 Å². The molecule has 0 aliphatic heterocycles. The maximum absolute atomic E-state index is 11.5. The van der Waals surface area contributed by atoms with Gasteiger partial charge in [-0.1, -0.05) is 29.3 Å². The third-order valence-electron chi connectivity index (χ3n) is 3.35. The summed E-state index contributed by atoms with van der Waals surface area (Å²) in [5.74, 6) is 0.387. The number of hydrogen-bond donors (Lipinski definition) is 0. The zero-order chi connectivity index (χ0) is 17.3. The zero-order valence-corrected chi connectivity index (χ0v) is 14.8. The minimum absolute atomic E-state index is 0.237. The molecule has 6 nitrogen and oxygen atoms in total. The Kier molecular flexibility index (Phi) is 4.58. The topological polar surface area (TPSA) is 77.7 Å². The first-order chi connectivity index (χ1) is 11.3. The van der Waals surface area contributed by atoms with E-state index in [4.69, 9.17) is 23.2 Å². The molecule has 0 unspecified atom stereocenters. The van der Waals surface area contributed by atoms with Gasteiger partial charge >= 0.3 is 0 Å². The van der Waals surface area contributed by atoms with Crippen LogP contribution in [0.1, 0.15) is 5.56 Å². The lowest BCUT2D eigenvalue weighted by molar-refractivity contribution is 0.573. The number of hydrogen-bond acceptors (Lipinski definition) is 5. The molecule has 0 atom stereocenters. The van der Waals surface area contributed by atoms with E-state index < -0.39 is 9.84 Å². The van der Waals surface area contributed by atoms with Crippen molar-refractivity contribution in [1.82, 2.24) is 20.2 Å². The third-order valence-corrected chi connectivity index (χ3v) is 5.19. The van der Waals surface area contributed by atoms with E-state index in [2.05, 4.69) is 15.4 Å². The summed E-state index contributed by atoms with van der Waals surface area (Å²) in [5.41, 5.74) is 1.37. The molecule has 0 aliphatic rings. The molecule has 3 rings (SSSR count). The summed E-state index contributed by atoms with van der Waals surface area (Å²) in [5, 5.41) is 13.3. The summed E-state index contributed by atoms with van der Waals surface area (Å²) in [6.07, 6.45) is 1.16. The fraction of sp³-hybridized carbons (Fsp3) is 0.133.